The van der Waals surface area contributed by atoms with Crippen LogP contribution < -0.4 is 74.6 Å². The summed E-state index contributed by atoms with van der Waals surface area (Å²) >= 11 is 0. The van der Waals surface area contributed by atoms with Gasteiger partial charge in [0.05, 0.1) is 5.40 Å². The minimum atomic E-state index is -5.07. The summed E-state index contributed by atoms with van der Waals surface area (Å²) in [5.74, 6) is 0. The van der Waals surface area contributed by atoms with Gasteiger partial charge in [0.1, 0.15) is 15.2 Å². The summed E-state index contributed by atoms with van der Waals surface area (Å²) in [5, 5.41) is -2.19. The van der Waals surface area contributed by atoms with Crippen molar-refractivity contribution < 1.29 is 87.8 Å². The van der Waals surface area contributed by atoms with Crippen LogP contribution in [0.5, 0.6) is 0 Å². The van der Waals surface area contributed by atoms with Gasteiger partial charge in [-0.05, 0) is 13.0 Å². The summed E-state index contributed by atoms with van der Waals surface area (Å²) in [6.45, 7) is -0.260. The molecule has 0 saturated carbocycles. The Morgan fingerprint density at radius 3 is 1.38 bits per heavy atom. The van der Waals surface area contributed by atoms with Crippen LogP contribution in [-0.2, 0) is 9.13 Å². The van der Waals surface area contributed by atoms with E-state index in [1.165, 1.54) is 0 Å². The molecule has 0 aliphatic rings. The molecule has 2 radical (unpaired) electrons. The molecule has 2 atom stereocenters. The molecule has 2 unspecified atom stereocenters. The Morgan fingerprint density at radius 2 is 1.31 bits per heavy atom. The second-order valence-corrected chi connectivity index (χ2v) is 6.10. The minimum Gasteiger partial charge on any atom is -0.778 e. The molecule has 0 fully saturated rings. The van der Waals surface area contributed by atoms with Crippen LogP contribution in [0.15, 0.2) is 0 Å². The minimum absolute atomic E-state index is 0. The first kappa shape index (κ1) is 32.3. The molecule has 16 heavy (non-hydrogen) atoms. The Hall–Kier alpha value is 4.26. The van der Waals surface area contributed by atoms with Crippen molar-refractivity contribution in [1.29, 1.82) is 0 Å². The zero-order valence-electron chi connectivity index (χ0n) is 9.99. The van der Waals surface area contributed by atoms with Crippen LogP contribution in [0.25, 0.3) is 0 Å². The molecule has 13 heteroatoms. The Labute approximate surface area is 183 Å². The van der Waals surface area contributed by atoms with Gasteiger partial charge in [0.15, 0.2) is 0 Å². The van der Waals surface area contributed by atoms with Crippen molar-refractivity contribution in [3.8, 4) is 0 Å². The van der Waals surface area contributed by atoms with Crippen LogP contribution in [0.1, 0.15) is 6.42 Å². The van der Waals surface area contributed by atoms with Crippen molar-refractivity contribution >= 4 is 74.3 Å². The molecule has 0 aromatic rings. The first-order valence-corrected chi connectivity index (χ1v) is 6.26. The van der Waals surface area contributed by atoms with E-state index in [4.69, 9.17) is 15.5 Å². The average Bonchev–Trinajstić information content (AvgIpc) is 1.77. The quantitative estimate of drug-likeness (QED) is 0.345. The van der Waals surface area contributed by atoms with Crippen LogP contribution in [-0.4, -0.2) is 80.8 Å². The average molecular weight is 309 g/mol. The predicted molar refractivity (Wildman–Crippen MR) is 48.6 cm³/mol. The van der Waals surface area contributed by atoms with E-state index in [1.54, 1.807) is 0 Å². The maximum absolute atomic E-state index is 10.4. The molecule has 7 nitrogen and oxygen atoms in total. The third kappa shape index (κ3) is 14.7. The molecule has 0 amide bonds. The third-order valence-corrected chi connectivity index (χ3v) is 4.95. The maximum Gasteiger partial charge on any atom is 1.00 e. The predicted octanol–water partition coefficient (Wildman–Crippen LogP) is -9.00. The standard InChI is InChI=1S/C3H11NO6P2.4Na/c4-2-1-3(11(5,6)7)12(8,9)10;;;;/h3H,1-2,4H2,(H2,5,6,7)(H2,8,9,10);;;;/q;;;2*+1/p-2. The van der Waals surface area contributed by atoms with Gasteiger partial charge in [-0.3, -0.25) is 0 Å². The van der Waals surface area contributed by atoms with E-state index in [2.05, 4.69) is 0 Å². The van der Waals surface area contributed by atoms with Gasteiger partial charge in [0.2, 0.25) is 0 Å². The van der Waals surface area contributed by atoms with Crippen LogP contribution in [0, 0.1) is 0 Å². The van der Waals surface area contributed by atoms with Crippen molar-refractivity contribution in [2.24, 2.45) is 5.73 Å². The molecule has 0 bridgehead atoms. The molecule has 0 aliphatic heterocycles. The molecule has 0 spiro atoms. The summed E-state index contributed by atoms with van der Waals surface area (Å²) in [7, 11) is -10.1. The topological polar surface area (TPSA) is 147 Å². The van der Waals surface area contributed by atoms with Crippen molar-refractivity contribution in [2.75, 3.05) is 6.54 Å². The van der Waals surface area contributed by atoms with Crippen LogP contribution in [0.4, 0.5) is 0 Å². The van der Waals surface area contributed by atoms with Gasteiger partial charge < -0.3 is 34.4 Å². The second kappa shape index (κ2) is 14.2. The van der Waals surface area contributed by atoms with E-state index in [1.807, 2.05) is 0 Å². The van der Waals surface area contributed by atoms with E-state index in [-0.39, 0.29) is 125 Å². The summed E-state index contributed by atoms with van der Waals surface area (Å²) in [6.07, 6.45) is -0.519. The molecule has 0 aliphatic carbocycles. The monoisotopic (exact) mass is 309 g/mol. The number of hydrogen-bond acceptors (Lipinski definition) is 5. The van der Waals surface area contributed by atoms with Gasteiger partial charge in [-0.15, -0.1) is 0 Å². The molecule has 0 rings (SSSR count). The van der Waals surface area contributed by atoms with Crippen LogP contribution in [0.3, 0.4) is 0 Å². The van der Waals surface area contributed by atoms with Crippen LogP contribution >= 0.6 is 15.2 Å². The van der Waals surface area contributed by atoms with E-state index in [9.17, 15) is 18.9 Å². The van der Waals surface area contributed by atoms with E-state index in [0.29, 0.717) is 0 Å². The van der Waals surface area contributed by atoms with E-state index < -0.39 is 27.0 Å². The molecular formula is C3H9NNa4O6P2. The fourth-order valence-electron chi connectivity index (χ4n) is 0.660. The normalized spacial score (nSPS) is 18.1. The number of rotatable bonds is 4. The van der Waals surface area contributed by atoms with Crippen molar-refractivity contribution in [1.82, 2.24) is 0 Å². The fraction of sp³-hybridized carbons (Fsp3) is 1.00. The van der Waals surface area contributed by atoms with Gasteiger partial charge in [-0.1, -0.05) is 0 Å². The molecule has 4 N–H and O–H groups in total. The third-order valence-electron chi connectivity index (χ3n) is 1.18. The molecule has 0 saturated heterocycles. The van der Waals surface area contributed by atoms with Crippen LogP contribution in [0.2, 0.25) is 0 Å². The molecule has 0 aromatic carbocycles. The fourth-order valence-corrected chi connectivity index (χ4v) is 3.09. The number of hydrogen-bond donors (Lipinski definition) is 3. The Morgan fingerprint density at radius 1 is 1.06 bits per heavy atom. The summed E-state index contributed by atoms with van der Waals surface area (Å²) in [5.41, 5.74) is 4.88. The summed E-state index contributed by atoms with van der Waals surface area (Å²) in [4.78, 5) is 37.4. The molecule has 0 heterocycles. The Bertz CT molecular complexity index is 220. The van der Waals surface area contributed by atoms with E-state index in [0.717, 1.165) is 0 Å². The maximum atomic E-state index is 10.4. The second-order valence-electron chi connectivity index (χ2n) is 2.19. The molecular weight excluding hydrogens is 300 g/mol. The van der Waals surface area contributed by atoms with Gasteiger partial charge in [0, 0.05) is 59.1 Å². The summed E-state index contributed by atoms with van der Waals surface area (Å²) in [6, 6.07) is 0. The van der Waals surface area contributed by atoms with Crippen molar-refractivity contribution in [3.05, 3.63) is 0 Å². The first-order chi connectivity index (χ1) is 5.19. The molecule has 76 valence electrons. The van der Waals surface area contributed by atoms with Gasteiger partial charge >= 0.3 is 59.1 Å². The largest absolute Gasteiger partial charge is 1.00 e. The zero-order chi connectivity index (χ0) is 9.99. The van der Waals surface area contributed by atoms with Gasteiger partial charge in [0.25, 0.3) is 0 Å². The van der Waals surface area contributed by atoms with Crippen molar-refractivity contribution in [3.63, 3.8) is 0 Å². The Kier molecular flexibility index (Phi) is 28.7. The SMILES string of the molecule is NCCC(P(=O)([O-])O)P(=O)([O-])O.[Na+].[Na+].[Na].[Na]. The zero-order valence-corrected chi connectivity index (χ0v) is 19.8. The van der Waals surface area contributed by atoms with Crippen molar-refractivity contribution in [2.45, 2.75) is 11.8 Å². The smallest absolute Gasteiger partial charge is 0.778 e. The van der Waals surface area contributed by atoms with Gasteiger partial charge in [-0.25, -0.2) is 0 Å². The first-order valence-electron chi connectivity index (χ1n) is 2.96. The van der Waals surface area contributed by atoms with Gasteiger partial charge in [-0.2, -0.15) is 0 Å². The Balaban J connectivity index is -0.000000101. The number of nitrogens with two attached hydrogens (primary N) is 1. The summed E-state index contributed by atoms with van der Waals surface area (Å²) < 4.78 is 20.7. The molecule has 0 aromatic heterocycles. The van der Waals surface area contributed by atoms with E-state index >= 15 is 0 Å².